The van der Waals surface area contributed by atoms with E-state index in [9.17, 15) is 4.79 Å². The molecule has 30 heavy (non-hydrogen) atoms. The van der Waals surface area contributed by atoms with Gasteiger partial charge in [-0.25, -0.2) is 0 Å². The lowest BCUT2D eigenvalue weighted by molar-refractivity contribution is -0.135. The zero-order chi connectivity index (χ0) is 22.3. The Morgan fingerprint density at radius 1 is 0.633 bits per heavy atom. The SMILES string of the molecule is CCCCCCCCCCN(CCCCCCCCCC)C(=O)C(C)CCCCN. The van der Waals surface area contributed by atoms with E-state index in [0.717, 1.165) is 38.9 Å². The van der Waals surface area contributed by atoms with Crippen molar-refractivity contribution in [1.29, 1.82) is 0 Å². The molecule has 0 saturated carbocycles. The number of amides is 1. The van der Waals surface area contributed by atoms with Crippen molar-refractivity contribution in [3.05, 3.63) is 0 Å². The summed E-state index contributed by atoms with van der Waals surface area (Å²) in [6.45, 7) is 9.33. The lowest BCUT2D eigenvalue weighted by Gasteiger charge is -2.26. The summed E-state index contributed by atoms with van der Waals surface area (Å²) in [4.78, 5) is 15.2. The van der Waals surface area contributed by atoms with E-state index < -0.39 is 0 Å². The summed E-state index contributed by atoms with van der Waals surface area (Å²) >= 11 is 0. The summed E-state index contributed by atoms with van der Waals surface area (Å²) in [7, 11) is 0. The smallest absolute Gasteiger partial charge is 0.225 e. The molecule has 1 atom stereocenters. The normalized spacial score (nSPS) is 12.3. The van der Waals surface area contributed by atoms with Crippen molar-refractivity contribution in [2.24, 2.45) is 11.7 Å². The van der Waals surface area contributed by atoms with Gasteiger partial charge in [0.05, 0.1) is 0 Å². The van der Waals surface area contributed by atoms with E-state index in [1.54, 1.807) is 0 Å². The standard InChI is InChI=1S/C27H56N2O/c1-4-6-8-10-12-14-16-20-24-29(27(30)26(3)22-18-19-23-28)25-21-17-15-13-11-9-7-5-2/h26H,4-25,28H2,1-3H3. The first-order valence-corrected chi connectivity index (χ1v) is 13.7. The maximum atomic E-state index is 13.0. The molecule has 3 heteroatoms. The topological polar surface area (TPSA) is 46.3 Å². The lowest BCUT2D eigenvalue weighted by Crippen LogP contribution is -2.36. The van der Waals surface area contributed by atoms with Crippen LogP contribution in [-0.4, -0.2) is 30.4 Å². The Kier molecular flexibility index (Phi) is 22.7. The second kappa shape index (κ2) is 23.1. The summed E-state index contributed by atoms with van der Waals surface area (Å²) < 4.78 is 0. The molecule has 0 aromatic rings. The van der Waals surface area contributed by atoms with Crippen LogP contribution >= 0.6 is 0 Å². The van der Waals surface area contributed by atoms with Crippen LogP contribution in [0.15, 0.2) is 0 Å². The van der Waals surface area contributed by atoms with Gasteiger partial charge in [0, 0.05) is 19.0 Å². The van der Waals surface area contributed by atoms with Gasteiger partial charge in [0.2, 0.25) is 5.91 Å². The molecule has 1 amide bonds. The van der Waals surface area contributed by atoms with Crippen molar-refractivity contribution in [2.75, 3.05) is 19.6 Å². The van der Waals surface area contributed by atoms with Gasteiger partial charge in [-0.05, 0) is 32.2 Å². The molecule has 0 aliphatic rings. The van der Waals surface area contributed by atoms with Crippen LogP contribution in [0.1, 0.15) is 143 Å². The van der Waals surface area contributed by atoms with Crippen LogP contribution in [0.4, 0.5) is 0 Å². The van der Waals surface area contributed by atoms with Crippen LogP contribution in [-0.2, 0) is 4.79 Å². The Bertz CT molecular complexity index is 339. The van der Waals surface area contributed by atoms with Gasteiger partial charge in [0.25, 0.3) is 0 Å². The van der Waals surface area contributed by atoms with E-state index in [0.29, 0.717) is 5.91 Å². The van der Waals surface area contributed by atoms with Crippen LogP contribution in [0.3, 0.4) is 0 Å². The number of hydrogen-bond donors (Lipinski definition) is 1. The van der Waals surface area contributed by atoms with Gasteiger partial charge in [-0.2, -0.15) is 0 Å². The molecule has 0 heterocycles. The molecule has 3 nitrogen and oxygen atoms in total. The average molecular weight is 425 g/mol. The highest BCUT2D eigenvalue weighted by molar-refractivity contribution is 5.78. The Balaban J connectivity index is 4.16. The molecule has 0 aliphatic heterocycles. The second-order valence-electron chi connectivity index (χ2n) is 9.46. The van der Waals surface area contributed by atoms with Crippen LogP contribution in [0.25, 0.3) is 0 Å². The van der Waals surface area contributed by atoms with Crippen molar-refractivity contribution in [2.45, 2.75) is 143 Å². The predicted molar refractivity (Wildman–Crippen MR) is 134 cm³/mol. The van der Waals surface area contributed by atoms with E-state index >= 15 is 0 Å². The Labute approximate surface area is 189 Å². The van der Waals surface area contributed by atoms with Crippen LogP contribution in [0, 0.1) is 5.92 Å². The molecule has 180 valence electrons. The number of rotatable bonds is 23. The number of hydrogen-bond acceptors (Lipinski definition) is 2. The fraction of sp³-hybridized carbons (Fsp3) is 0.963. The van der Waals surface area contributed by atoms with Crippen molar-refractivity contribution in [3.63, 3.8) is 0 Å². The number of carbonyl (C=O) groups excluding carboxylic acids is 1. The quantitative estimate of drug-likeness (QED) is 0.170. The summed E-state index contributed by atoms with van der Waals surface area (Å²) in [5, 5.41) is 0. The molecule has 0 fully saturated rings. The third kappa shape index (κ3) is 18.2. The van der Waals surface area contributed by atoms with Gasteiger partial charge in [0.1, 0.15) is 0 Å². The molecule has 0 rings (SSSR count). The van der Waals surface area contributed by atoms with Crippen LogP contribution < -0.4 is 5.73 Å². The average Bonchev–Trinajstić information content (AvgIpc) is 2.75. The molecule has 2 N–H and O–H groups in total. The van der Waals surface area contributed by atoms with Gasteiger partial charge < -0.3 is 10.6 Å². The minimum absolute atomic E-state index is 0.152. The zero-order valence-corrected chi connectivity index (χ0v) is 21.1. The fourth-order valence-corrected chi connectivity index (χ4v) is 4.24. The van der Waals surface area contributed by atoms with Crippen LogP contribution in [0.2, 0.25) is 0 Å². The first-order chi connectivity index (χ1) is 14.7. The molecule has 0 spiro atoms. The predicted octanol–water partition coefficient (Wildman–Crippen LogP) is 7.86. The minimum Gasteiger partial charge on any atom is -0.342 e. The molecular formula is C27H56N2O. The highest BCUT2D eigenvalue weighted by Gasteiger charge is 2.19. The van der Waals surface area contributed by atoms with E-state index in [1.165, 1.54) is 103 Å². The van der Waals surface area contributed by atoms with Crippen molar-refractivity contribution < 1.29 is 4.79 Å². The van der Waals surface area contributed by atoms with E-state index in [1.807, 2.05) is 0 Å². The minimum atomic E-state index is 0.152. The Morgan fingerprint density at radius 2 is 1.03 bits per heavy atom. The molecule has 0 aliphatic carbocycles. The van der Waals surface area contributed by atoms with Crippen molar-refractivity contribution >= 4 is 5.91 Å². The van der Waals surface area contributed by atoms with E-state index in [2.05, 4.69) is 25.7 Å². The largest absolute Gasteiger partial charge is 0.342 e. The monoisotopic (exact) mass is 424 g/mol. The third-order valence-electron chi connectivity index (χ3n) is 6.39. The lowest BCUT2D eigenvalue weighted by atomic mass is 10.0. The molecular weight excluding hydrogens is 368 g/mol. The highest BCUT2D eigenvalue weighted by atomic mass is 16.2. The van der Waals surface area contributed by atoms with E-state index in [-0.39, 0.29) is 5.92 Å². The van der Waals surface area contributed by atoms with Crippen molar-refractivity contribution in [1.82, 2.24) is 4.90 Å². The molecule has 0 radical (unpaired) electrons. The zero-order valence-electron chi connectivity index (χ0n) is 21.1. The summed E-state index contributed by atoms with van der Waals surface area (Å²) in [5.41, 5.74) is 5.62. The summed E-state index contributed by atoms with van der Waals surface area (Å²) in [5.74, 6) is 0.539. The van der Waals surface area contributed by atoms with Gasteiger partial charge in [-0.3, -0.25) is 4.79 Å². The number of unbranched alkanes of at least 4 members (excludes halogenated alkanes) is 15. The van der Waals surface area contributed by atoms with Crippen molar-refractivity contribution in [3.8, 4) is 0 Å². The molecule has 0 bridgehead atoms. The maximum absolute atomic E-state index is 13.0. The maximum Gasteiger partial charge on any atom is 0.225 e. The van der Waals surface area contributed by atoms with Crippen LogP contribution in [0.5, 0.6) is 0 Å². The van der Waals surface area contributed by atoms with Gasteiger partial charge in [0.15, 0.2) is 0 Å². The summed E-state index contributed by atoms with van der Waals surface area (Å²) in [6.07, 6.45) is 24.3. The number of carbonyl (C=O) groups is 1. The van der Waals surface area contributed by atoms with Gasteiger partial charge in [-0.1, -0.05) is 117 Å². The van der Waals surface area contributed by atoms with E-state index in [4.69, 9.17) is 5.73 Å². The molecule has 0 aromatic heterocycles. The third-order valence-corrected chi connectivity index (χ3v) is 6.39. The number of nitrogens with zero attached hydrogens (tertiary/aromatic N) is 1. The second-order valence-corrected chi connectivity index (χ2v) is 9.46. The molecule has 1 unspecified atom stereocenters. The Hall–Kier alpha value is -0.570. The highest BCUT2D eigenvalue weighted by Crippen LogP contribution is 2.15. The fourth-order valence-electron chi connectivity index (χ4n) is 4.24. The first kappa shape index (κ1) is 29.4. The molecule has 0 saturated heterocycles. The van der Waals surface area contributed by atoms with Gasteiger partial charge >= 0.3 is 0 Å². The Morgan fingerprint density at radius 3 is 1.43 bits per heavy atom. The van der Waals surface area contributed by atoms with Gasteiger partial charge in [-0.15, -0.1) is 0 Å². The number of nitrogens with two attached hydrogens (primary N) is 1. The molecule has 0 aromatic carbocycles. The summed E-state index contributed by atoms with van der Waals surface area (Å²) in [6, 6.07) is 0. The first-order valence-electron chi connectivity index (χ1n) is 13.7.